The average molecular weight is 217 g/mol. The van der Waals surface area contributed by atoms with Crippen LogP contribution in [0.4, 0.5) is 0 Å². The molecule has 0 saturated carbocycles. The summed E-state index contributed by atoms with van der Waals surface area (Å²) >= 11 is 0. The maximum atomic E-state index is 9.49. The molecule has 1 aromatic heterocycles. The van der Waals surface area contributed by atoms with Gasteiger partial charge in [0.15, 0.2) is 0 Å². The van der Waals surface area contributed by atoms with Gasteiger partial charge in [0.05, 0.1) is 12.7 Å². The minimum Gasteiger partial charge on any atom is -0.497 e. The number of nitrogens with zero attached hydrogens (tertiary/aromatic N) is 1. The Labute approximate surface area is 92.5 Å². The molecule has 16 heavy (non-hydrogen) atoms. The highest BCUT2D eigenvalue weighted by Gasteiger charge is 2.24. The number of methoxy groups -OCH3 is 1. The molecule has 1 aromatic carbocycles. The maximum Gasteiger partial charge on any atom is 0.312 e. The quantitative estimate of drug-likeness (QED) is 0.795. The van der Waals surface area contributed by atoms with Crippen molar-refractivity contribution in [3.8, 4) is 23.0 Å². The molecule has 1 aliphatic rings. The summed E-state index contributed by atoms with van der Waals surface area (Å²) in [5.74, 6) is 0.720. The van der Waals surface area contributed by atoms with Gasteiger partial charge >= 0.3 is 5.95 Å². The van der Waals surface area contributed by atoms with Gasteiger partial charge in [0.2, 0.25) is 0 Å². The third kappa shape index (κ3) is 1.19. The van der Waals surface area contributed by atoms with Gasteiger partial charge in [-0.15, -0.1) is 0 Å². The molecule has 0 spiro atoms. The lowest BCUT2D eigenvalue weighted by Gasteiger charge is -2.14. The van der Waals surface area contributed by atoms with Gasteiger partial charge < -0.3 is 14.4 Å². The monoisotopic (exact) mass is 217 g/mol. The van der Waals surface area contributed by atoms with E-state index >= 15 is 0 Å². The van der Waals surface area contributed by atoms with Crippen LogP contribution in [-0.2, 0) is 12.8 Å². The summed E-state index contributed by atoms with van der Waals surface area (Å²) < 4.78 is 9.99. The Bertz CT molecular complexity index is 545. The van der Waals surface area contributed by atoms with E-state index in [1.807, 2.05) is 18.2 Å². The number of rotatable bonds is 1. The van der Waals surface area contributed by atoms with E-state index in [2.05, 4.69) is 5.16 Å². The Balaban J connectivity index is 2.22. The summed E-state index contributed by atoms with van der Waals surface area (Å²) in [6.45, 7) is 0. The molecule has 0 fully saturated rings. The van der Waals surface area contributed by atoms with Gasteiger partial charge in [0.1, 0.15) is 11.4 Å². The van der Waals surface area contributed by atoms with Gasteiger partial charge in [-0.25, -0.2) is 0 Å². The predicted octanol–water partition coefficient (Wildman–Crippen LogP) is 2.15. The molecule has 1 heterocycles. The largest absolute Gasteiger partial charge is 0.497 e. The number of ether oxygens (including phenoxy) is 1. The summed E-state index contributed by atoms with van der Waals surface area (Å²) in [7, 11) is 1.63. The molecule has 2 aromatic rings. The molecular weight excluding hydrogens is 206 g/mol. The molecule has 4 heteroatoms. The van der Waals surface area contributed by atoms with Gasteiger partial charge in [-0.05, 0) is 30.5 Å². The van der Waals surface area contributed by atoms with Crippen molar-refractivity contribution in [3.63, 3.8) is 0 Å². The first kappa shape index (κ1) is 9.27. The van der Waals surface area contributed by atoms with Gasteiger partial charge in [-0.3, -0.25) is 0 Å². The molecular formula is C12H11NO3. The fourth-order valence-electron chi connectivity index (χ4n) is 2.12. The topological polar surface area (TPSA) is 55.5 Å². The average Bonchev–Trinajstić information content (AvgIpc) is 2.71. The van der Waals surface area contributed by atoms with Crippen LogP contribution in [0.1, 0.15) is 11.1 Å². The molecule has 0 bridgehead atoms. The zero-order chi connectivity index (χ0) is 11.1. The Morgan fingerprint density at radius 2 is 2.25 bits per heavy atom. The Kier molecular flexibility index (Phi) is 1.89. The predicted molar refractivity (Wildman–Crippen MR) is 57.6 cm³/mol. The number of aromatic hydroxyl groups is 1. The van der Waals surface area contributed by atoms with Crippen LogP contribution in [0.25, 0.3) is 11.3 Å². The second kappa shape index (κ2) is 3.27. The van der Waals surface area contributed by atoms with Crippen molar-refractivity contribution < 1.29 is 14.4 Å². The van der Waals surface area contributed by atoms with Crippen LogP contribution in [0.15, 0.2) is 22.7 Å². The molecule has 0 unspecified atom stereocenters. The smallest absolute Gasteiger partial charge is 0.312 e. The van der Waals surface area contributed by atoms with Crippen molar-refractivity contribution in [2.24, 2.45) is 0 Å². The second-order valence-corrected chi connectivity index (χ2v) is 3.84. The first-order chi connectivity index (χ1) is 7.79. The van der Waals surface area contributed by atoms with E-state index in [0.717, 1.165) is 35.4 Å². The highest BCUT2D eigenvalue weighted by molar-refractivity contribution is 5.71. The van der Waals surface area contributed by atoms with E-state index in [1.54, 1.807) is 7.11 Å². The third-order valence-electron chi connectivity index (χ3n) is 2.98. The Hall–Kier alpha value is -1.97. The number of aromatic nitrogens is 1. The van der Waals surface area contributed by atoms with Crippen molar-refractivity contribution in [3.05, 3.63) is 29.3 Å². The summed E-state index contributed by atoms with van der Waals surface area (Å²) in [6.07, 6.45) is 1.66. The third-order valence-corrected chi connectivity index (χ3v) is 2.98. The summed E-state index contributed by atoms with van der Waals surface area (Å²) in [6, 6.07) is 5.89. The number of hydrogen-bond donors (Lipinski definition) is 1. The van der Waals surface area contributed by atoms with Crippen LogP contribution in [0.3, 0.4) is 0 Å². The molecule has 0 radical (unpaired) electrons. The van der Waals surface area contributed by atoms with Crippen LogP contribution in [0.2, 0.25) is 0 Å². The van der Waals surface area contributed by atoms with Crippen molar-refractivity contribution in [1.29, 1.82) is 0 Å². The van der Waals surface area contributed by atoms with Crippen LogP contribution in [-0.4, -0.2) is 17.4 Å². The highest BCUT2D eigenvalue weighted by atomic mass is 16.5. The van der Waals surface area contributed by atoms with Gasteiger partial charge in [0.25, 0.3) is 0 Å². The molecule has 3 rings (SSSR count). The standard InChI is InChI=1S/C12H11NO3/c1-15-8-4-2-7-3-5-9-11(10(7)6-8)13-16-12(9)14/h2,4,6,14H,3,5H2,1H3. The highest BCUT2D eigenvalue weighted by Crippen LogP contribution is 2.38. The number of fused-ring (bicyclic) bond motifs is 3. The van der Waals surface area contributed by atoms with Crippen molar-refractivity contribution in [1.82, 2.24) is 5.16 Å². The van der Waals surface area contributed by atoms with E-state index < -0.39 is 0 Å². The van der Waals surface area contributed by atoms with Crippen LogP contribution < -0.4 is 4.74 Å². The van der Waals surface area contributed by atoms with Crippen LogP contribution >= 0.6 is 0 Å². The minimum absolute atomic E-state index is 0.0662. The molecule has 1 aliphatic carbocycles. The van der Waals surface area contributed by atoms with Crippen molar-refractivity contribution >= 4 is 0 Å². The second-order valence-electron chi connectivity index (χ2n) is 3.84. The van der Waals surface area contributed by atoms with Gasteiger partial charge in [0, 0.05) is 5.56 Å². The zero-order valence-electron chi connectivity index (χ0n) is 8.86. The summed E-state index contributed by atoms with van der Waals surface area (Å²) in [5, 5.41) is 13.4. The fraction of sp³-hybridized carbons (Fsp3) is 0.250. The molecule has 82 valence electrons. The number of hydrogen-bond acceptors (Lipinski definition) is 4. The van der Waals surface area contributed by atoms with E-state index in [4.69, 9.17) is 9.26 Å². The molecule has 4 nitrogen and oxygen atoms in total. The normalized spacial score (nSPS) is 13.1. The van der Waals surface area contributed by atoms with Gasteiger partial charge in [-0.2, -0.15) is 0 Å². The lowest BCUT2D eigenvalue weighted by molar-refractivity contribution is 0.276. The Morgan fingerprint density at radius 3 is 3.06 bits per heavy atom. The SMILES string of the molecule is COc1ccc2c(c1)-c1noc(O)c1CC2. The zero-order valence-corrected chi connectivity index (χ0v) is 8.86. The molecule has 0 amide bonds. The lowest BCUT2D eigenvalue weighted by Crippen LogP contribution is -2.02. The number of benzene rings is 1. The van der Waals surface area contributed by atoms with Crippen molar-refractivity contribution in [2.45, 2.75) is 12.8 Å². The van der Waals surface area contributed by atoms with Crippen LogP contribution in [0.5, 0.6) is 11.7 Å². The number of aryl methyl sites for hydroxylation is 1. The van der Waals surface area contributed by atoms with E-state index in [9.17, 15) is 5.11 Å². The van der Waals surface area contributed by atoms with Gasteiger partial charge in [-0.1, -0.05) is 11.2 Å². The molecule has 0 saturated heterocycles. The first-order valence-electron chi connectivity index (χ1n) is 5.14. The first-order valence-corrected chi connectivity index (χ1v) is 5.14. The van der Waals surface area contributed by atoms with Crippen LogP contribution in [0, 0.1) is 0 Å². The van der Waals surface area contributed by atoms with Crippen molar-refractivity contribution in [2.75, 3.05) is 7.11 Å². The molecule has 1 N–H and O–H groups in total. The van der Waals surface area contributed by atoms with E-state index in [1.165, 1.54) is 5.56 Å². The maximum absolute atomic E-state index is 9.49. The fourth-order valence-corrected chi connectivity index (χ4v) is 2.12. The minimum atomic E-state index is -0.0662. The molecule has 0 aliphatic heterocycles. The van der Waals surface area contributed by atoms with E-state index in [-0.39, 0.29) is 5.95 Å². The summed E-state index contributed by atoms with van der Waals surface area (Å²) in [4.78, 5) is 0. The Morgan fingerprint density at radius 1 is 1.38 bits per heavy atom. The lowest BCUT2D eigenvalue weighted by atomic mass is 9.90. The molecule has 0 atom stereocenters. The van der Waals surface area contributed by atoms with E-state index in [0.29, 0.717) is 0 Å². The summed E-state index contributed by atoms with van der Waals surface area (Å²) in [5.41, 5.74) is 3.73.